The first-order chi connectivity index (χ1) is 40.1. The summed E-state index contributed by atoms with van der Waals surface area (Å²) in [6.07, 6.45) is 7.08. The number of fused-ring (bicyclic) bond motifs is 7. The Bertz CT molecular complexity index is 3150. The number of hydrazine groups is 1. The number of esters is 1. The molecule has 2 saturated carbocycles. The number of amides is 2. The Balaban J connectivity index is 0.940. The van der Waals surface area contributed by atoms with Gasteiger partial charge in [0.15, 0.2) is 0 Å². The number of carbonyl (C=O) groups is 3. The van der Waals surface area contributed by atoms with Gasteiger partial charge in [-0.3, -0.25) is 29.3 Å². The van der Waals surface area contributed by atoms with Gasteiger partial charge >= 0.3 is 5.97 Å². The molecule has 7 saturated heterocycles. The van der Waals surface area contributed by atoms with E-state index in [-0.39, 0.29) is 43.6 Å². The molecule has 2 amide bonds. The molecular weight excluding hydrogens is 1010 g/mol. The molecule has 2 aliphatic carbocycles. The zero-order chi connectivity index (χ0) is 58.7. The highest BCUT2D eigenvalue weighted by Crippen LogP contribution is 2.61. The fourth-order valence-electron chi connectivity index (χ4n) is 14.0. The molecule has 2 N–H and O–H groups in total. The van der Waals surface area contributed by atoms with Crippen molar-refractivity contribution in [3.8, 4) is 22.5 Å². The Morgan fingerprint density at radius 2 is 1.81 bits per heavy atom. The van der Waals surface area contributed by atoms with Crippen molar-refractivity contribution < 1.29 is 51.0 Å². The Hall–Kier alpha value is -4.37. The molecule has 1 spiro atoms. The molecule has 9 fully saturated rings. The minimum absolute atomic E-state index is 0.0590. The molecule has 4 aromatic rings. The Labute approximate surface area is 471 Å². The van der Waals surface area contributed by atoms with Gasteiger partial charge < -0.3 is 43.2 Å². The van der Waals surface area contributed by atoms with Crippen LogP contribution in [-0.2, 0) is 55.8 Å². The predicted octanol–water partition coefficient (Wildman–Crippen LogP) is 7.51. The van der Waals surface area contributed by atoms with Gasteiger partial charge in [-0.25, -0.2) is 10.4 Å². The van der Waals surface area contributed by atoms with Gasteiger partial charge in [0.05, 0.1) is 67.9 Å². The quantitative estimate of drug-likeness (QED) is 0.134. The lowest BCUT2D eigenvalue weighted by Crippen LogP contribution is -2.70. The van der Waals surface area contributed by atoms with Crippen molar-refractivity contribution in [1.82, 2.24) is 40.1 Å². The minimum Gasteiger partial charge on any atom is -0.464 e. The summed E-state index contributed by atoms with van der Waals surface area (Å²) in [4.78, 5) is 60.6. The Morgan fingerprint density at radius 3 is 2.53 bits per heavy atom. The molecule has 18 heteroatoms. The molecule has 14 rings (SSSR count). The molecule has 420 valence electrons. The number of aromatic nitrogens is 3. The van der Waals surface area contributed by atoms with E-state index >= 15 is 9.59 Å². The summed E-state index contributed by atoms with van der Waals surface area (Å²) < 4.78 is 89.3. The van der Waals surface area contributed by atoms with Crippen LogP contribution in [0.5, 0.6) is 0 Å². The maximum atomic E-state index is 15.6. The first-order valence-electron chi connectivity index (χ1n) is 31.7. The highest BCUT2D eigenvalue weighted by atomic mass is 32.1. The number of hydrogen-bond acceptors (Lipinski definition) is 15. The molecule has 17 nitrogen and oxygen atoms in total. The van der Waals surface area contributed by atoms with Gasteiger partial charge in [0, 0.05) is 111 Å². The van der Waals surface area contributed by atoms with Crippen molar-refractivity contribution in [2.45, 2.75) is 166 Å². The molecule has 1 aromatic carbocycles. The summed E-state index contributed by atoms with van der Waals surface area (Å²) in [5.41, 5.74) is 6.47. The van der Waals surface area contributed by atoms with Crippen LogP contribution >= 0.6 is 11.3 Å². The number of hydrogen-bond donors (Lipinski definition) is 2. The molecule has 8 bridgehead atoms. The Morgan fingerprint density at radius 1 is 1.00 bits per heavy atom. The summed E-state index contributed by atoms with van der Waals surface area (Å²) in [5, 5.41) is 7.98. The number of methoxy groups -OCH3 is 1. The Kier molecular flexibility index (Phi) is 12.2. The third-order valence-electron chi connectivity index (χ3n) is 18.7. The standard InChI is InChI=1S/C60H80N8O9S/c1-36(72-6)49-44(25-40(27-61-49)38-13-18-65(19-14-38)41-10-11-41)51-45-26-57(3,4)33-76-55(70)46-8-7-17-68(64-46)54(69)50(63-56(71)60-29-58(5,30-60)37(2)77-60)52(66-31-59(32-66)34-74-35-59)53-62-47(28-78-53)39-9-12-48(43(45)24-39)67(51)20-23-75-42-15-21-73-22-16-42/h9,12,24-25,27-28,36-38,41-42,46,50,52,64H,7-8,10-11,13-23,26,29-35H2,1-6H3,(H,63,71)/t36-,37?,46-,50-,52-,58?,60?/m0/s1/i2D3,5D3. The molecule has 10 aliphatic rings. The van der Waals surface area contributed by atoms with Gasteiger partial charge in [0.2, 0.25) is 0 Å². The lowest BCUT2D eigenvalue weighted by molar-refractivity contribution is -0.203. The van der Waals surface area contributed by atoms with E-state index < -0.39 is 72.1 Å². The highest BCUT2D eigenvalue weighted by molar-refractivity contribution is 7.10. The van der Waals surface area contributed by atoms with E-state index in [1.165, 1.54) is 34.8 Å². The number of cyclic esters (lactones) is 1. The molecule has 11 heterocycles. The van der Waals surface area contributed by atoms with Gasteiger partial charge in [-0.15, -0.1) is 11.3 Å². The zero-order valence-corrected chi connectivity index (χ0v) is 46.4. The van der Waals surface area contributed by atoms with E-state index in [4.69, 9.17) is 46.6 Å². The van der Waals surface area contributed by atoms with Crippen molar-refractivity contribution in [3.05, 3.63) is 57.7 Å². The van der Waals surface area contributed by atoms with E-state index in [0.29, 0.717) is 88.6 Å². The number of nitrogens with zero attached hydrogens (tertiary/aromatic N) is 6. The zero-order valence-electron chi connectivity index (χ0n) is 51.6. The maximum Gasteiger partial charge on any atom is 0.324 e. The average Bonchev–Trinajstić information content (AvgIpc) is 1.50. The normalized spacial score (nSPS) is 32.5. The third kappa shape index (κ3) is 9.73. The van der Waals surface area contributed by atoms with Gasteiger partial charge in [-0.2, -0.15) is 0 Å². The second kappa shape index (κ2) is 20.6. The highest BCUT2D eigenvalue weighted by Gasteiger charge is 2.68. The lowest BCUT2D eigenvalue weighted by atomic mass is 9.61. The van der Waals surface area contributed by atoms with Gasteiger partial charge in [0.25, 0.3) is 11.8 Å². The average molecular weight is 1100 g/mol. The van der Waals surface area contributed by atoms with Gasteiger partial charge in [-0.05, 0) is 133 Å². The first kappa shape index (κ1) is 46.3. The summed E-state index contributed by atoms with van der Waals surface area (Å²) in [7, 11) is 1.72. The maximum absolute atomic E-state index is 15.6. The minimum atomic E-state index is -2.83. The topological polar surface area (TPSA) is 171 Å². The smallest absolute Gasteiger partial charge is 0.324 e. The van der Waals surface area contributed by atoms with E-state index in [1.807, 2.05) is 12.3 Å². The van der Waals surface area contributed by atoms with Gasteiger partial charge in [-0.1, -0.05) is 26.8 Å². The molecule has 78 heavy (non-hydrogen) atoms. The van der Waals surface area contributed by atoms with E-state index in [0.717, 1.165) is 83.8 Å². The van der Waals surface area contributed by atoms with Crippen LogP contribution in [0.15, 0.2) is 35.8 Å². The summed E-state index contributed by atoms with van der Waals surface area (Å²) in [5.74, 6) is -1.48. The number of rotatable bonds is 12. The molecule has 3 aromatic heterocycles. The third-order valence-corrected chi connectivity index (χ3v) is 19.6. The van der Waals surface area contributed by atoms with Crippen LogP contribution in [0.4, 0.5) is 0 Å². The van der Waals surface area contributed by atoms with Crippen LogP contribution < -0.4 is 10.7 Å². The van der Waals surface area contributed by atoms with E-state index in [9.17, 15) is 4.79 Å². The first-order valence-corrected chi connectivity index (χ1v) is 29.6. The number of thiazole rings is 1. The number of nitrogens with one attached hydrogen (secondary N) is 2. The van der Waals surface area contributed by atoms with E-state index in [2.05, 4.69) is 69.4 Å². The van der Waals surface area contributed by atoms with Crippen LogP contribution in [0.3, 0.4) is 0 Å². The summed E-state index contributed by atoms with van der Waals surface area (Å²) in [6, 6.07) is 6.43. The molecular formula is C60H80N8O9S. The number of likely N-dealkylation sites (tertiary alicyclic amines) is 2. The van der Waals surface area contributed by atoms with Gasteiger partial charge in [0.1, 0.15) is 22.7 Å². The summed E-state index contributed by atoms with van der Waals surface area (Å²) in [6.45, 7) is 7.61. The monoisotopic (exact) mass is 1090 g/mol. The number of piperidine rings is 1. The second-order valence-corrected chi connectivity index (χ2v) is 26.0. The van der Waals surface area contributed by atoms with Crippen LogP contribution in [0.25, 0.3) is 33.4 Å². The number of pyridine rings is 1. The SMILES string of the molecule is [2H]C([2H])([2H])C1OC2(C(=O)N[C@@H]3C(=O)N4CCC[C@H](N4)C(=O)OCC(C)(C)Cc4c(-c5cc(C6CCN(C7CC7)CC6)cnc5[C@H](C)OC)n(CCOC5CCOCC5)c5ccc(cc45)-c4csc(n4)[C@H]3N3CC4(COC4)C3)CC1(C([2H])([2H])[2H])C2. The van der Waals surface area contributed by atoms with Crippen molar-refractivity contribution in [2.75, 3.05) is 79.5 Å². The van der Waals surface area contributed by atoms with Crippen LogP contribution in [-0.4, -0.2) is 163 Å². The number of benzene rings is 1. The largest absolute Gasteiger partial charge is 0.464 e. The lowest BCUT2D eigenvalue weighted by Gasteiger charge is -2.58. The number of carbonyl (C=O) groups excluding carboxylic acids is 3. The molecule has 5 atom stereocenters. The molecule has 8 aliphatic heterocycles. The van der Waals surface area contributed by atoms with Crippen molar-refractivity contribution in [3.63, 3.8) is 0 Å². The van der Waals surface area contributed by atoms with Crippen LogP contribution in [0.2, 0.25) is 0 Å². The fraction of sp³-hybridized carbons (Fsp3) is 0.683. The van der Waals surface area contributed by atoms with Crippen LogP contribution in [0.1, 0.15) is 147 Å². The van der Waals surface area contributed by atoms with Crippen molar-refractivity contribution in [1.29, 1.82) is 0 Å². The second-order valence-electron chi connectivity index (χ2n) is 25.1. The van der Waals surface area contributed by atoms with Crippen LogP contribution in [0, 0.1) is 16.2 Å². The van der Waals surface area contributed by atoms with E-state index in [1.54, 1.807) is 7.11 Å². The molecule has 0 radical (unpaired) electrons. The summed E-state index contributed by atoms with van der Waals surface area (Å²) >= 11 is 1.38. The fourth-order valence-corrected chi connectivity index (χ4v) is 15.0. The molecule has 1 unspecified atom stereocenters. The number of ether oxygens (including phenoxy) is 6. The predicted molar refractivity (Wildman–Crippen MR) is 294 cm³/mol. The van der Waals surface area contributed by atoms with Crippen molar-refractivity contribution in [2.24, 2.45) is 16.2 Å². The van der Waals surface area contributed by atoms with Crippen molar-refractivity contribution >= 4 is 40.0 Å².